The molecule has 1 saturated heterocycles. The largest absolute Gasteiger partial charge is 0.349 e. The Labute approximate surface area is 116 Å². The Bertz CT molecular complexity index is 563. The fourth-order valence-corrected chi connectivity index (χ4v) is 2.00. The van der Waals surface area contributed by atoms with Crippen molar-refractivity contribution in [2.45, 2.75) is 25.4 Å². The predicted octanol–water partition coefficient (Wildman–Crippen LogP) is 1.16. The number of carbonyl (C=O) groups is 2. The summed E-state index contributed by atoms with van der Waals surface area (Å²) in [6.45, 7) is 2.16. The van der Waals surface area contributed by atoms with Crippen LogP contribution in [0.15, 0.2) is 29.4 Å². The zero-order chi connectivity index (χ0) is 14.5. The minimum atomic E-state index is -0.640. The molecular weight excluding hydrogens is 258 g/mol. The predicted molar refractivity (Wildman–Crippen MR) is 73.0 cm³/mol. The molecule has 0 bridgehead atoms. The minimum absolute atomic E-state index is 0.127. The van der Waals surface area contributed by atoms with E-state index >= 15 is 0 Å². The standard InChI is InChI=1S/C13H15N5O2/c1-2-8-3-5-9(6-4-8)12(19)17-11-10(7-15-18-14)16-13(11)20/h3-6,10-11H,2,7H2,1H3,(H,16,20)(H,17,19). The van der Waals surface area contributed by atoms with Crippen molar-refractivity contribution >= 4 is 11.8 Å². The minimum Gasteiger partial charge on any atom is -0.349 e. The lowest BCUT2D eigenvalue weighted by molar-refractivity contribution is -0.131. The molecule has 2 rings (SSSR count). The summed E-state index contributed by atoms with van der Waals surface area (Å²) in [6, 6.07) is 6.25. The molecule has 2 atom stereocenters. The molecule has 0 aliphatic carbocycles. The fraction of sp³-hybridized carbons (Fsp3) is 0.385. The zero-order valence-corrected chi connectivity index (χ0v) is 11.0. The van der Waals surface area contributed by atoms with Crippen molar-refractivity contribution in [2.24, 2.45) is 5.11 Å². The number of azide groups is 1. The number of hydrogen-bond acceptors (Lipinski definition) is 3. The Morgan fingerprint density at radius 2 is 2.15 bits per heavy atom. The number of benzene rings is 1. The second-order valence-electron chi connectivity index (χ2n) is 4.53. The molecule has 2 N–H and O–H groups in total. The highest BCUT2D eigenvalue weighted by atomic mass is 16.2. The number of nitrogens with zero attached hydrogens (tertiary/aromatic N) is 3. The van der Waals surface area contributed by atoms with Crippen molar-refractivity contribution in [2.75, 3.05) is 6.54 Å². The van der Waals surface area contributed by atoms with Gasteiger partial charge in [0.1, 0.15) is 6.04 Å². The van der Waals surface area contributed by atoms with Crippen molar-refractivity contribution in [1.82, 2.24) is 10.6 Å². The summed E-state index contributed by atoms with van der Waals surface area (Å²) in [5, 5.41) is 8.62. The lowest BCUT2D eigenvalue weighted by Crippen LogP contribution is -2.70. The molecule has 104 valence electrons. The second-order valence-corrected chi connectivity index (χ2v) is 4.53. The summed E-state index contributed by atoms with van der Waals surface area (Å²) in [5.74, 6) is -0.569. The Morgan fingerprint density at radius 1 is 1.45 bits per heavy atom. The topological polar surface area (TPSA) is 107 Å². The molecule has 1 aromatic carbocycles. The maximum Gasteiger partial charge on any atom is 0.251 e. The number of carbonyl (C=O) groups excluding carboxylic acids is 2. The van der Waals surface area contributed by atoms with Crippen LogP contribution < -0.4 is 10.6 Å². The molecule has 7 heteroatoms. The van der Waals surface area contributed by atoms with Gasteiger partial charge < -0.3 is 10.6 Å². The van der Waals surface area contributed by atoms with Crippen molar-refractivity contribution in [3.8, 4) is 0 Å². The smallest absolute Gasteiger partial charge is 0.251 e. The van der Waals surface area contributed by atoms with E-state index in [2.05, 4.69) is 20.7 Å². The molecule has 2 amide bonds. The van der Waals surface area contributed by atoms with E-state index < -0.39 is 6.04 Å². The van der Waals surface area contributed by atoms with Crippen molar-refractivity contribution in [3.63, 3.8) is 0 Å². The normalized spacial score (nSPS) is 20.4. The Morgan fingerprint density at radius 3 is 2.70 bits per heavy atom. The van der Waals surface area contributed by atoms with Gasteiger partial charge >= 0.3 is 0 Å². The lowest BCUT2D eigenvalue weighted by atomic mass is 9.98. The Balaban J connectivity index is 1.99. The van der Waals surface area contributed by atoms with E-state index in [-0.39, 0.29) is 24.4 Å². The van der Waals surface area contributed by atoms with Crippen molar-refractivity contribution < 1.29 is 9.59 Å². The van der Waals surface area contributed by atoms with Gasteiger partial charge in [-0.3, -0.25) is 9.59 Å². The van der Waals surface area contributed by atoms with Gasteiger partial charge in [0.05, 0.1) is 6.04 Å². The first-order valence-electron chi connectivity index (χ1n) is 6.36. The van der Waals surface area contributed by atoms with Crippen LogP contribution in [0, 0.1) is 0 Å². The van der Waals surface area contributed by atoms with Crippen LogP contribution in [0.1, 0.15) is 22.8 Å². The monoisotopic (exact) mass is 273 g/mol. The van der Waals surface area contributed by atoms with Crippen LogP contribution in [0.3, 0.4) is 0 Å². The SMILES string of the molecule is CCc1ccc(C(=O)NC2C(=O)NC2CN=[N+]=[N-])cc1. The number of β-lactam (4-membered cyclic amide) rings is 1. The van der Waals surface area contributed by atoms with E-state index in [1.54, 1.807) is 12.1 Å². The molecule has 0 saturated carbocycles. The van der Waals surface area contributed by atoms with E-state index in [9.17, 15) is 9.59 Å². The maximum absolute atomic E-state index is 12.0. The summed E-state index contributed by atoms with van der Waals surface area (Å²) in [6.07, 6.45) is 0.904. The Kier molecular flexibility index (Phi) is 4.22. The molecule has 1 fully saturated rings. The zero-order valence-electron chi connectivity index (χ0n) is 11.0. The molecule has 1 aliphatic rings. The van der Waals surface area contributed by atoms with Crippen LogP contribution in [0.25, 0.3) is 10.4 Å². The third-order valence-corrected chi connectivity index (χ3v) is 3.27. The van der Waals surface area contributed by atoms with E-state index in [0.717, 1.165) is 12.0 Å². The first kappa shape index (κ1) is 13.9. The molecular formula is C13H15N5O2. The maximum atomic E-state index is 12.0. The van der Waals surface area contributed by atoms with Gasteiger partial charge in [-0.15, -0.1) is 0 Å². The summed E-state index contributed by atoms with van der Waals surface area (Å²) >= 11 is 0. The van der Waals surface area contributed by atoms with Crippen LogP contribution >= 0.6 is 0 Å². The van der Waals surface area contributed by atoms with Crippen molar-refractivity contribution in [3.05, 3.63) is 45.8 Å². The number of aryl methyl sites for hydroxylation is 1. The average molecular weight is 273 g/mol. The molecule has 0 aromatic heterocycles. The molecule has 0 spiro atoms. The van der Waals surface area contributed by atoms with Gasteiger partial charge in [-0.1, -0.05) is 24.2 Å². The molecule has 7 nitrogen and oxygen atoms in total. The van der Waals surface area contributed by atoms with Gasteiger partial charge in [0.15, 0.2) is 0 Å². The summed E-state index contributed by atoms with van der Waals surface area (Å²) in [5.41, 5.74) is 9.90. The van der Waals surface area contributed by atoms with Gasteiger partial charge in [0, 0.05) is 17.0 Å². The van der Waals surface area contributed by atoms with Crippen molar-refractivity contribution in [1.29, 1.82) is 0 Å². The lowest BCUT2D eigenvalue weighted by Gasteiger charge is -2.36. The highest BCUT2D eigenvalue weighted by Gasteiger charge is 2.39. The van der Waals surface area contributed by atoms with E-state index in [0.29, 0.717) is 5.56 Å². The van der Waals surface area contributed by atoms with Gasteiger partial charge in [0.2, 0.25) is 5.91 Å². The third-order valence-electron chi connectivity index (χ3n) is 3.27. The molecule has 1 heterocycles. The molecule has 2 unspecified atom stereocenters. The fourth-order valence-electron chi connectivity index (χ4n) is 2.00. The third kappa shape index (κ3) is 2.89. The quantitative estimate of drug-likeness (QED) is 0.363. The first-order chi connectivity index (χ1) is 9.65. The van der Waals surface area contributed by atoms with Crippen LogP contribution in [0.5, 0.6) is 0 Å². The van der Waals surface area contributed by atoms with Crippen LogP contribution in [-0.4, -0.2) is 30.4 Å². The van der Waals surface area contributed by atoms with E-state index in [1.807, 2.05) is 19.1 Å². The summed E-state index contributed by atoms with van der Waals surface area (Å²) < 4.78 is 0. The molecule has 20 heavy (non-hydrogen) atoms. The summed E-state index contributed by atoms with van der Waals surface area (Å²) in [4.78, 5) is 26.1. The number of rotatable bonds is 5. The van der Waals surface area contributed by atoms with Crippen LogP contribution in [-0.2, 0) is 11.2 Å². The van der Waals surface area contributed by atoms with Crippen LogP contribution in [0.4, 0.5) is 0 Å². The number of hydrogen-bond donors (Lipinski definition) is 2. The first-order valence-corrected chi connectivity index (χ1v) is 6.36. The molecule has 1 aliphatic heterocycles. The van der Waals surface area contributed by atoms with Crippen LogP contribution in [0.2, 0.25) is 0 Å². The summed E-state index contributed by atoms with van der Waals surface area (Å²) in [7, 11) is 0. The highest BCUT2D eigenvalue weighted by Crippen LogP contribution is 2.10. The molecule has 0 radical (unpaired) electrons. The highest BCUT2D eigenvalue weighted by molar-refractivity contribution is 5.99. The Hall–Kier alpha value is -2.53. The van der Waals surface area contributed by atoms with Gasteiger partial charge in [-0.2, -0.15) is 0 Å². The average Bonchev–Trinajstić information content (AvgIpc) is 2.48. The second kappa shape index (κ2) is 6.08. The van der Waals surface area contributed by atoms with E-state index in [4.69, 9.17) is 5.53 Å². The number of amides is 2. The molecule has 1 aromatic rings. The van der Waals surface area contributed by atoms with Gasteiger partial charge in [0.25, 0.3) is 5.91 Å². The van der Waals surface area contributed by atoms with Gasteiger partial charge in [-0.25, -0.2) is 0 Å². The number of nitrogens with one attached hydrogen (secondary N) is 2. The van der Waals surface area contributed by atoms with Gasteiger partial charge in [-0.05, 0) is 29.6 Å². The van der Waals surface area contributed by atoms with E-state index in [1.165, 1.54) is 0 Å².